The molecule has 0 unspecified atom stereocenters. The first-order chi connectivity index (χ1) is 10.6. The molecule has 0 amide bonds. The van der Waals surface area contributed by atoms with E-state index in [0.29, 0.717) is 43.2 Å². The zero-order valence-electron chi connectivity index (χ0n) is 12.1. The lowest BCUT2D eigenvalue weighted by Gasteiger charge is -2.37. The van der Waals surface area contributed by atoms with Crippen molar-refractivity contribution in [2.75, 3.05) is 26.3 Å². The van der Waals surface area contributed by atoms with E-state index >= 15 is 0 Å². The van der Waals surface area contributed by atoms with Crippen LogP contribution < -0.4 is 0 Å². The van der Waals surface area contributed by atoms with Gasteiger partial charge in [-0.25, -0.2) is 9.37 Å². The highest BCUT2D eigenvalue weighted by Crippen LogP contribution is 2.33. The fourth-order valence-electron chi connectivity index (χ4n) is 2.81. The van der Waals surface area contributed by atoms with E-state index in [1.54, 1.807) is 0 Å². The number of halogens is 3. The van der Waals surface area contributed by atoms with Crippen molar-refractivity contribution >= 4 is 17.3 Å². The first-order valence-electron chi connectivity index (χ1n) is 7.27. The van der Waals surface area contributed by atoms with Crippen molar-refractivity contribution < 1.29 is 13.5 Å². The largest absolute Gasteiger partial charge is 0.381 e. The molecule has 6 heteroatoms. The maximum Gasteiger partial charge on any atom is 0.213 e. The summed E-state index contributed by atoms with van der Waals surface area (Å²) in [7, 11) is 0. The average Bonchev–Trinajstić information content (AvgIpc) is 2.51. The molecule has 3 nitrogen and oxygen atoms in total. The normalized spacial score (nSPS) is 20.9. The van der Waals surface area contributed by atoms with Gasteiger partial charge in [0.05, 0.1) is 11.6 Å². The second-order valence-electron chi connectivity index (χ2n) is 5.61. The van der Waals surface area contributed by atoms with Crippen molar-refractivity contribution in [2.24, 2.45) is 0 Å². The monoisotopic (exact) mass is 326 g/mol. The van der Waals surface area contributed by atoms with Crippen LogP contribution in [0.5, 0.6) is 0 Å². The highest BCUT2D eigenvalue weighted by atomic mass is 35.5. The molecule has 0 saturated carbocycles. The fourth-order valence-corrected chi connectivity index (χ4v) is 3.01. The van der Waals surface area contributed by atoms with Gasteiger partial charge in [-0.15, -0.1) is 0 Å². The van der Waals surface area contributed by atoms with Gasteiger partial charge in [0.15, 0.2) is 0 Å². The van der Waals surface area contributed by atoms with Crippen LogP contribution >= 0.6 is 11.6 Å². The van der Waals surface area contributed by atoms with Gasteiger partial charge in [-0.1, -0.05) is 23.8 Å². The van der Waals surface area contributed by atoms with E-state index in [2.05, 4.69) is 4.98 Å². The molecule has 22 heavy (non-hydrogen) atoms. The van der Waals surface area contributed by atoms with Crippen molar-refractivity contribution in [3.05, 3.63) is 47.0 Å². The van der Waals surface area contributed by atoms with Crippen LogP contribution in [0.4, 0.5) is 8.78 Å². The summed E-state index contributed by atoms with van der Waals surface area (Å²) in [5.41, 5.74) is -0.0351. The van der Waals surface area contributed by atoms with Gasteiger partial charge < -0.3 is 9.64 Å². The Morgan fingerprint density at radius 1 is 1.36 bits per heavy atom. The molecule has 3 rings (SSSR count). The number of allylic oxidation sites excluding steroid dienone is 2. The second kappa shape index (κ2) is 6.34. The summed E-state index contributed by atoms with van der Waals surface area (Å²) in [6, 6.07) is 1.29. The van der Waals surface area contributed by atoms with Crippen molar-refractivity contribution in [3.8, 4) is 0 Å². The van der Waals surface area contributed by atoms with Gasteiger partial charge in [0.25, 0.3) is 0 Å². The summed E-state index contributed by atoms with van der Waals surface area (Å²) in [6.07, 6.45) is 7.67. The Kier molecular flexibility index (Phi) is 4.45. The molecule has 1 saturated heterocycles. The Hall–Kier alpha value is -1.46. The highest BCUT2D eigenvalue weighted by Gasteiger charge is 2.35. The molecule has 0 N–H and O–H groups in total. The van der Waals surface area contributed by atoms with Crippen LogP contribution in [0.25, 0.3) is 5.70 Å². The number of hydrogen-bond acceptors (Lipinski definition) is 3. The lowest BCUT2D eigenvalue weighted by atomic mass is 9.94. The summed E-state index contributed by atoms with van der Waals surface area (Å²) in [5.74, 6) is -0.601. The van der Waals surface area contributed by atoms with E-state index in [1.165, 1.54) is 12.3 Å². The number of nitrogens with zero attached hydrogens (tertiary/aromatic N) is 2. The Morgan fingerprint density at radius 2 is 2.14 bits per heavy atom. The third-order valence-electron chi connectivity index (χ3n) is 4.02. The van der Waals surface area contributed by atoms with E-state index in [9.17, 15) is 8.78 Å². The van der Waals surface area contributed by atoms with Gasteiger partial charge in [-0.3, -0.25) is 0 Å². The van der Waals surface area contributed by atoms with E-state index in [1.807, 2.05) is 23.1 Å². The number of aromatic nitrogens is 1. The van der Waals surface area contributed by atoms with Crippen LogP contribution in [-0.4, -0.2) is 41.9 Å². The molecule has 0 aliphatic carbocycles. The van der Waals surface area contributed by atoms with Crippen LogP contribution in [0.15, 0.2) is 30.5 Å². The van der Waals surface area contributed by atoms with Gasteiger partial charge >= 0.3 is 0 Å². The average molecular weight is 327 g/mol. The minimum atomic E-state index is -1.29. The first-order valence-corrected chi connectivity index (χ1v) is 7.65. The minimum Gasteiger partial charge on any atom is -0.381 e. The van der Waals surface area contributed by atoms with Gasteiger partial charge in [-0.2, -0.15) is 4.39 Å². The molecule has 3 heterocycles. The van der Waals surface area contributed by atoms with Crippen LogP contribution in [0.1, 0.15) is 18.4 Å². The SMILES string of the molecule is Fc1cc(C2=CC=CCN2CC2(F)CCOCC2)c(Cl)cn1. The fraction of sp³-hybridized carbons (Fsp3) is 0.438. The molecule has 0 atom stereocenters. The van der Waals surface area contributed by atoms with Gasteiger partial charge in [-0.05, 0) is 6.08 Å². The third-order valence-corrected chi connectivity index (χ3v) is 4.32. The van der Waals surface area contributed by atoms with E-state index in [0.717, 1.165) is 5.70 Å². The zero-order valence-corrected chi connectivity index (χ0v) is 12.8. The van der Waals surface area contributed by atoms with Crippen molar-refractivity contribution in [2.45, 2.75) is 18.5 Å². The quantitative estimate of drug-likeness (QED) is 0.794. The molecule has 0 spiro atoms. The van der Waals surface area contributed by atoms with Crippen LogP contribution in [0.2, 0.25) is 5.02 Å². The van der Waals surface area contributed by atoms with Crippen LogP contribution in [0.3, 0.4) is 0 Å². The van der Waals surface area contributed by atoms with Gasteiger partial charge in [0.1, 0.15) is 5.67 Å². The van der Waals surface area contributed by atoms with Crippen LogP contribution in [-0.2, 0) is 4.74 Å². The third kappa shape index (κ3) is 3.31. The molecule has 2 aliphatic rings. The molecule has 0 radical (unpaired) electrons. The standard InChI is InChI=1S/C16H17ClF2N2O/c17-13-10-20-15(18)9-12(13)14-3-1-2-6-21(14)11-16(19)4-7-22-8-5-16/h1-3,9-10H,4-8,11H2. The summed E-state index contributed by atoms with van der Waals surface area (Å²) >= 11 is 6.14. The molecule has 1 aromatic rings. The van der Waals surface area contributed by atoms with E-state index in [-0.39, 0.29) is 6.54 Å². The molecule has 0 bridgehead atoms. The Labute approximate surface area is 133 Å². The second-order valence-corrected chi connectivity index (χ2v) is 6.02. The van der Waals surface area contributed by atoms with Crippen molar-refractivity contribution in [1.82, 2.24) is 9.88 Å². The molecular formula is C16H17ClF2N2O. The molecule has 0 aromatic carbocycles. The predicted molar refractivity (Wildman–Crippen MR) is 81.8 cm³/mol. The van der Waals surface area contributed by atoms with E-state index < -0.39 is 11.6 Å². The smallest absolute Gasteiger partial charge is 0.213 e. The summed E-state index contributed by atoms with van der Waals surface area (Å²) < 4.78 is 33.6. The maximum atomic E-state index is 14.9. The predicted octanol–water partition coefficient (Wildman–Crippen LogP) is 3.61. The van der Waals surface area contributed by atoms with Crippen molar-refractivity contribution in [1.29, 1.82) is 0 Å². The molecule has 2 aliphatic heterocycles. The van der Waals surface area contributed by atoms with E-state index in [4.69, 9.17) is 16.3 Å². The number of alkyl halides is 1. The molecule has 118 valence electrons. The first kappa shape index (κ1) is 15.4. The molecule has 1 aromatic heterocycles. The Morgan fingerprint density at radius 3 is 2.91 bits per heavy atom. The summed E-state index contributed by atoms with van der Waals surface area (Å²) in [6.45, 7) is 1.68. The topological polar surface area (TPSA) is 25.4 Å². The van der Waals surface area contributed by atoms with Crippen LogP contribution in [0, 0.1) is 5.95 Å². The lowest BCUT2D eigenvalue weighted by Crippen LogP contribution is -2.43. The summed E-state index contributed by atoms with van der Waals surface area (Å²) in [4.78, 5) is 5.43. The lowest BCUT2D eigenvalue weighted by molar-refractivity contribution is -0.0186. The molecule has 1 fully saturated rings. The minimum absolute atomic E-state index is 0.243. The number of ether oxygens (including phenoxy) is 1. The molecular weight excluding hydrogens is 310 g/mol. The number of pyridine rings is 1. The Balaban J connectivity index is 1.86. The number of rotatable bonds is 3. The van der Waals surface area contributed by atoms with Gasteiger partial charge in [0.2, 0.25) is 5.95 Å². The highest BCUT2D eigenvalue weighted by molar-refractivity contribution is 6.32. The summed E-state index contributed by atoms with van der Waals surface area (Å²) in [5, 5.41) is 0.354. The maximum absolute atomic E-state index is 14.9. The number of hydrogen-bond donors (Lipinski definition) is 0. The Bertz CT molecular complexity index is 612. The zero-order chi connectivity index (χ0) is 15.6. The van der Waals surface area contributed by atoms with Crippen molar-refractivity contribution in [3.63, 3.8) is 0 Å². The van der Waals surface area contributed by atoms with Gasteiger partial charge in [0, 0.05) is 56.1 Å².